The van der Waals surface area contributed by atoms with Crippen LogP contribution in [0, 0.1) is 0 Å². The van der Waals surface area contributed by atoms with E-state index in [1.54, 1.807) is 6.07 Å². The lowest BCUT2D eigenvalue weighted by Crippen LogP contribution is -2.48. The second-order valence-electron chi connectivity index (χ2n) is 5.64. The standard InChI is InChI=1S/C15H20ClNO3/c1-15(2,3)17(10-14(19)20)13(18)9-8-11-6-4-5-7-12(11)16/h4-7H,8-10H2,1-3H3,(H,19,20). The van der Waals surface area contributed by atoms with Crippen molar-refractivity contribution in [3.63, 3.8) is 0 Å². The van der Waals surface area contributed by atoms with E-state index in [0.29, 0.717) is 11.4 Å². The highest BCUT2D eigenvalue weighted by Gasteiger charge is 2.27. The monoisotopic (exact) mass is 297 g/mol. The predicted octanol–water partition coefficient (Wildman–Crippen LogP) is 2.98. The molecule has 1 aromatic rings. The molecule has 0 aliphatic carbocycles. The van der Waals surface area contributed by atoms with Crippen LogP contribution >= 0.6 is 11.6 Å². The zero-order chi connectivity index (χ0) is 15.3. The van der Waals surface area contributed by atoms with Gasteiger partial charge in [-0.15, -0.1) is 0 Å². The van der Waals surface area contributed by atoms with Crippen LogP contribution in [0.1, 0.15) is 32.8 Å². The number of carbonyl (C=O) groups excluding carboxylic acids is 1. The Bertz CT molecular complexity index is 494. The number of benzene rings is 1. The van der Waals surface area contributed by atoms with Gasteiger partial charge in [-0.25, -0.2) is 0 Å². The van der Waals surface area contributed by atoms with Crippen LogP contribution in [0.15, 0.2) is 24.3 Å². The number of carboxylic acid groups (broad SMARTS) is 1. The van der Waals surface area contributed by atoms with Gasteiger partial charge in [-0.3, -0.25) is 9.59 Å². The van der Waals surface area contributed by atoms with Crippen LogP contribution in [-0.2, 0) is 16.0 Å². The number of aryl methyl sites for hydroxylation is 1. The molecule has 1 rings (SSSR count). The normalized spacial score (nSPS) is 11.2. The van der Waals surface area contributed by atoms with Crippen LogP contribution in [-0.4, -0.2) is 34.0 Å². The summed E-state index contributed by atoms with van der Waals surface area (Å²) in [5.41, 5.74) is 0.377. The van der Waals surface area contributed by atoms with E-state index >= 15 is 0 Å². The third-order valence-corrected chi connectivity index (χ3v) is 3.34. The maximum atomic E-state index is 12.2. The Balaban J connectivity index is 2.72. The van der Waals surface area contributed by atoms with Gasteiger partial charge in [0.1, 0.15) is 6.54 Å². The Morgan fingerprint density at radius 2 is 1.85 bits per heavy atom. The Labute approximate surface area is 124 Å². The molecule has 0 heterocycles. The maximum Gasteiger partial charge on any atom is 0.323 e. The molecule has 0 aliphatic rings. The van der Waals surface area contributed by atoms with E-state index in [2.05, 4.69) is 0 Å². The first-order valence-electron chi connectivity index (χ1n) is 6.47. The van der Waals surface area contributed by atoms with Gasteiger partial charge < -0.3 is 10.0 Å². The summed E-state index contributed by atoms with van der Waals surface area (Å²) in [4.78, 5) is 24.5. The number of halogens is 1. The Hall–Kier alpha value is -1.55. The Morgan fingerprint density at radius 1 is 1.25 bits per heavy atom. The van der Waals surface area contributed by atoms with E-state index in [1.807, 2.05) is 39.0 Å². The smallest absolute Gasteiger partial charge is 0.323 e. The summed E-state index contributed by atoms with van der Waals surface area (Å²) >= 11 is 6.04. The molecule has 20 heavy (non-hydrogen) atoms. The van der Waals surface area contributed by atoms with E-state index in [-0.39, 0.29) is 18.9 Å². The fraction of sp³-hybridized carbons (Fsp3) is 0.467. The maximum absolute atomic E-state index is 12.2. The van der Waals surface area contributed by atoms with Crippen molar-refractivity contribution in [2.75, 3.05) is 6.54 Å². The minimum atomic E-state index is -1.01. The molecule has 0 bridgehead atoms. The number of aliphatic carboxylic acids is 1. The molecule has 0 aromatic heterocycles. The number of carbonyl (C=O) groups is 2. The molecule has 0 radical (unpaired) electrons. The van der Waals surface area contributed by atoms with Gasteiger partial charge >= 0.3 is 5.97 Å². The zero-order valence-electron chi connectivity index (χ0n) is 12.0. The van der Waals surface area contributed by atoms with Crippen molar-refractivity contribution in [2.24, 2.45) is 0 Å². The van der Waals surface area contributed by atoms with Crippen molar-refractivity contribution < 1.29 is 14.7 Å². The molecule has 1 aromatic carbocycles. The molecule has 0 spiro atoms. The molecule has 0 atom stereocenters. The zero-order valence-corrected chi connectivity index (χ0v) is 12.8. The minimum absolute atomic E-state index is 0.181. The summed E-state index contributed by atoms with van der Waals surface area (Å²) in [5, 5.41) is 9.54. The molecule has 1 N–H and O–H groups in total. The highest BCUT2D eigenvalue weighted by molar-refractivity contribution is 6.31. The molecular formula is C15H20ClNO3. The average molecular weight is 298 g/mol. The fourth-order valence-corrected chi connectivity index (χ4v) is 2.14. The molecule has 110 valence electrons. The van der Waals surface area contributed by atoms with Crippen molar-refractivity contribution in [3.8, 4) is 0 Å². The summed E-state index contributed by atoms with van der Waals surface area (Å²) < 4.78 is 0. The summed E-state index contributed by atoms with van der Waals surface area (Å²) in [5.74, 6) is -1.19. The van der Waals surface area contributed by atoms with Crippen LogP contribution in [0.5, 0.6) is 0 Å². The van der Waals surface area contributed by atoms with Gasteiger partial charge in [0.15, 0.2) is 0 Å². The lowest BCUT2D eigenvalue weighted by Gasteiger charge is -2.34. The van der Waals surface area contributed by atoms with Crippen molar-refractivity contribution in [1.82, 2.24) is 4.90 Å². The summed E-state index contributed by atoms with van der Waals surface area (Å²) in [6.07, 6.45) is 0.749. The number of amides is 1. The van der Waals surface area contributed by atoms with Crippen LogP contribution in [0.4, 0.5) is 0 Å². The first kappa shape index (κ1) is 16.5. The van der Waals surface area contributed by atoms with Gasteiger partial charge in [0.2, 0.25) is 5.91 Å². The van der Waals surface area contributed by atoms with E-state index in [0.717, 1.165) is 5.56 Å². The van der Waals surface area contributed by atoms with E-state index in [9.17, 15) is 9.59 Å². The highest BCUT2D eigenvalue weighted by atomic mass is 35.5. The van der Waals surface area contributed by atoms with Crippen molar-refractivity contribution in [1.29, 1.82) is 0 Å². The SMILES string of the molecule is CC(C)(C)N(CC(=O)O)C(=O)CCc1ccccc1Cl. The third kappa shape index (κ3) is 4.85. The van der Waals surface area contributed by atoms with E-state index in [4.69, 9.17) is 16.7 Å². The molecule has 4 nitrogen and oxygen atoms in total. The molecule has 0 aliphatic heterocycles. The van der Waals surface area contributed by atoms with Crippen LogP contribution in [0.25, 0.3) is 0 Å². The van der Waals surface area contributed by atoms with Gasteiger partial charge in [-0.1, -0.05) is 29.8 Å². The molecule has 0 saturated carbocycles. The Kier molecular flexibility index (Phi) is 5.57. The van der Waals surface area contributed by atoms with Crippen molar-refractivity contribution in [3.05, 3.63) is 34.9 Å². The summed E-state index contributed by atoms with van der Waals surface area (Å²) in [6, 6.07) is 7.35. The number of nitrogens with zero attached hydrogens (tertiary/aromatic N) is 1. The average Bonchev–Trinajstić information content (AvgIpc) is 2.33. The number of hydrogen-bond donors (Lipinski definition) is 1. The highest BCUT2D eigenvalue weighted by Crippen LogP contribution is 2.19. The molecular weight excluding hydrogens is 278 g/mol. The van der Waals surface area contributed by atoms with Gasteiger partial charge in [-0.05, 0) is 38.8 Å². The van der Waals surface area contributed by atoms with Gasteiger partial charge in [0.25, 0.3) is 0 Å². The van der Waals surface area contributed by atoms with Crippen LogP contribution in [0.3, 0.4) is 0 Å². The van der Waals surface area contributed by atoms with Gasteiger partial charge in [-0.2, -0.15) is 0 Å². The second-order valence-corrected chi connectivity index (χ2v) is 6.04. The Morgan fingerprint density at radius 3 is 2.35 bits per heavy atom. The minimum Gasteiger partial charge on any atom is -0.480 e. The quantitative estimate of drug-likeness (QED) is 0.909. The lowest BCUT2D eigenvalue weighted by molar-refractivity contribution is -0.148. The first-order chi connectivity index (χ1) is 9.21. The predicted molar refractivity (Wildman–Crippen MR) is 78.9 cm³/mol. The van der Waals surface area contributed by atoms with Crippen LogP contribution in [0.2, 0.25) is 5.02 Å². The molecule has 5 heteroatoms. The lowest BCUT2D eigenvalue weighted by atomic mass is 10.0. The topological polar surface area (TPSA) is 57.6 Å². The molecule has 0 saturated heterocycles. The van der Waals surface area contributed by atoms with Gasteiger partial charge in [0, 0.05) is 17.0 Å². The van der Waals surface area contributed by atoms with E-state index < -0.39 is 11.5 Å². The number of hydrogen-bond acceptors (Lipinski definition) is 2. The molecule has 1 amide bonds. The number of carboxylic acids is 1. The summed E-state index contributed by atoms with van der Waals surface area (Å²) in [6.45, 7) is 5.18. The largest absolute Gasteiger partial charge is 0.480 e. The van der Waals surface area contributed by atoms with Crippen molar-refractivity contribution in [2.45, 2.75) is 39.2 Å². The first-order valence-corrected chi connectivity index (χ1v) is 6.85. The molecule has 0 unspecified atom stereocenters. The van der Waals surface area contributed by atoms with Gasteiger partial charge in [0.05, 0.1) is 0 Å². The second kappa shape index (κ2) is 6.75. The fourth-order valence-electron chi connectivity index (χ4n) is 1.91. The van der Waals surface area contributed by atoms with E-state index in [1.165, 1.54) is 4.90 Å². The number of rotatable bonds is 5. The summed E-state index contributed by atoms with van der Waals surface area (Å²) in [7, 11) is 0. The third-order valence-electron chi connectivity index (χ3n) is 2.97. The molecule has 0 fully saturated rings. The van der Waals surface area contributed by atoms with Crippen molar-refractivity contribution >= 4 is 23.5 Å². The van der Waals surface area contributed by atoms with Crippen LogP contribution < -0.4 is 0 Å².